The lowest BCUT2D eigenvalue weighted by molar-refractivity contribution is -0.0785. The van der Waals surface area contributed by atoms with E-state index in [9.17, 15) is 10.2 Å². The van der Waals surface area contributed by atoms with E-state index in [2.05, 4.69) is 159 Å². The third-order valence-electron chi connectivity index (χ3n) is 19.0. The highest BCUT2D eigenvalue weighted by Crippen LogP contribution is 2.45. The number of methoxy groups -OCH3 is 2. The number of aliphatic hydroxyl groups excluding tert-OH is 2. The topological polar surface area (TPSA) is 188 Å². The van der Waals surface area contributed by atoms with Crippen molar-refractivity contribution in [2.75, 3.05) is 90.6 Å². The van der Waals surface area contributed by atoms with Crippen molar-refractivity contribution in [3.8, 4) is 44.8 Å². The third kappa shape index (κ3) is 20.9. The van der Waals surface area contributed by atoms with Crippen LogP contribution in [0.5, 0.6) is 0 Å². The number of hydrogen-bond donors (Lipinski definition) is 2. The minimum absolute atomic E-state index is 0.0190. The minimum Gasteiger partial charge on any atom is -0.393 e. The highest BCUT2D eigenvalue weighted by molar-refractivity contribution is 9.10. The van der Waals surface area contributed by atoms with Gasteiger partial charge in [0.15, 0.2) is 17.1 Å². The van der Waals surface area contributed by atoms with E-state index in [4.69, 9.17) is 58.6 Å². The first-order valence-electron chi connectivity index (χ1n) is 34.9. The van der Waals surface area contributed by atoms with Crippen LogP contribution in [-0.4, -0.2) is 174 Å². The number of aliphatic hydroxyl groups is 2. The maximum absolute atomic E-state index is 10.1. The fraction of sp³-hybridized carbons (Fsp3) is 0.541. The van der Waals surface area contributed by atoms with E-state index in [0.717, 1.165) is 172 Å². The highest BCUT2D eigenvalue weighted by atomic mass is 79.9. The van der Waals surface area contributed by atoms with E-state index < -0.39 is 43.5 Å². The molecule has 0 radical (unpaired) electrons. The lowest BCUT2D eigenvalue weighted by Gasteiger charge is -2.38. The van der Waals surface area contributed by atoms with Gasteiger partial charge in [0.05, 0.1) is 58.4 Å². The van der Waals surface area contributed by atoms with E-state index in [1.807, 2.05) is 70.2 Å². The maximum atomic E-state index is 10.1. The molecule has 2 saturated carbocycles. The smallest absolute Gasteiger partial charge is 0.165 e. The van der Waals surface area contributed by atoms with Gasteiger partial charge in [0.2, 0.25) is 0 Å². The Bertz CT molecular complexity index is 3680. The van der Waals surface area contributed by atoms with E-state index in [-0.39, 0.29) is 25.0 Å². The zero-order valence-corrected chi connectivity index (χ0v) is 66.0. The molecule has 8 aromatic rings. The van der Waals surface area contributed by atoms with E-state index in [1.165, 1.54) is 0 Å². The second-order valence-electron chi connectivity index (χ2n) is 31.5. The molecule has 0 aliphatic heterocycles. The van der Waals surface area contributed by atoms with Gasteiger partial charge in [0.1, 0.15) is 32.7 Å². The number of pyridine rings is 2. The van der Waals surface area contributed by atoms with Crippen LogP contribution in [0.15, 0.2) is 120 Å². The number of nitrogens with zero attached hydrogens (tertiary/aromatic N) is 10. The van der Waals surface area contributed by atoms with Crippen LogP contribution in [0.1, 0.15) is 74.6 Å². The van der Waals surface area contributed by atoms with Crippen LogP contribution in [0.4, 0.5) is 11.6 Å². The van der Waals surface area contributed by atoms with E-state index in [1.54, 1.807) is 14.2 Å². The van der Waals surface area contributed by atoms with Crippen molar-refractivity contribution >= 4 is 71.2 Å². The number of rotatable bonds is 32. The van der Waals surface area contributed by atoms with Gasteiger partial charge in [-0.15, -0.1) is 0 Å². The Kier molecular flexibility index (Phi) is 26.5. The number of anilines is 2. The molecule has 2 fully saturated rings. The fourth-order valence-electron chi connectivity index (χ4n) is 12.2. The van der Waals surface area contributed by atoms with Crippen LogP contribution in [0.2, 0.25) is 103 Å². The van der Waals surface area contributed by atoms with Gasteiger partial charge < -0.3 is 48.4 Å². The molecule has 0 amide bonds. The Morgan fingerprint density at radius 2 is 0.876 bits per heavy atom. The fourth-order valence-corrected chi connectivity index (χ4v) is 16.1. The Hall–Kier alpha value is -5.39. The Morgan fingerprint density at radius 1 is 0.485 bits per heavy atom. The van der Waals surface area contributed by atoms with Gasteiger partial charge >= 0.3 is 0 Å². The number of hydrogen-bond acceptors (Lipinski definition) is 16. The van der Waals surface area contributed by atoms with Crippen LogP contribution in [0, 0.1) is 0 Å². The second kappa shape index (κ2) is 33.8. The summed E-state index contributed by atoms with van der Waals surface area (Å²) in [4.78, 5) is 24.6. The molecule has 0 saturated heterocycles. The average molecular weight is 1460 g/mol. The number of halogens is 1. The average Bonchev–Trinajstić information content (AvgIpc) is 1.67. The summed E-state index contributed by atoms with van der Waals surface area (Å²) in [6.45, 7) is 32.9. The lowest BCUT2D eigenvalue weighted by Crippen LogP contribution is -2.39. The summed E-state index contributed by atoms with van der Waals surface area (Å²) >= 11 is 4.03. The standard InChI is InChI=1S/C37H54BrN5O4Si2.C37H55N5O4Si2/c1-45-37(25-44)17-15-29(16-18-37)34-33(38)36(42(26-46-19-21-48(2,3)4)27-47-20-22-49(5,6)7)43-35(41-34)31(24-40-43)30-13-14-32(39-23-30)28-11-9-8-10-12-28;1-44-37(26-43)17-15-30(16-18-37)34-23-35(41(27-45-19-21-47(2,3)4)28-46-20-22-48(5,6)7)42-36(40-34)32(25-39-42)31-13-14-33(38-24-31)29-11-9-8-10-12-29/h8-14,23-24,29,44H,15-22,25-27H2,1-7H3;8-14,23-25,30,43H,15-22,26-28H2,1-7H3. The van der Waals surface area contributed by atoms with Gasteiger partial charge in [-0.3, -0.25) is 9.97 Å². The molecule has 23 heteroatoms. The molecule has 2 N–H and O–H groups in total. The zero-order valence-electron chi connectivity index (χ0n) is 60.4. The zero-order chi connectivity index (χ0) is 69.6. The molecule has 526 valence electrons. The van der Waals surface area contributed by atoms with Crippen molar-refractivity contribution in [2.45, 2.75) is 177 Å². The predicted molar refractivity (Wildman–Crippen MR) is 408 cm³/mol. The van der Waals surface area contributed by atoms with Crippen molar-refractivity contribution < 1.29 is 38.6 Å². The molecular weight excluding hydrogens is 1350 g/mol. The van der Waals surface area contributed by atoms with Gasteiger partial charge in [0, 0.05) is 142 Å². The number of fused-ring (bicyclic) bond motifs is 2. The Labute approximate surface area is 589 Å². The molecule has 2 aromatic carbocycles. The van der Waals surface area contributed by atoms with Crippen molar-refractivity contribution in [3.05, 3.63) is 132 Å². The van der Waals surface area contributed by atoms with E-state index in [0.29, 0.717) is 40.1 Å². The maximum Gasteiger partial charge on any atom is 0.165 e. The predicted octanol–water partition coefficient (Wildman–Crippen LogP) is 16.6. The summed E-state index contributed by atoms with van der Waals surface area (Å²) in [5, 5.41) is 30.1. The van der Waals surface area contributed by atoms with Crippen molar-refractivity contribution in [1.29, 1.82) is 0 Å². The molecule has 0 spiro atoms. The molecule has 97 heavy (non-hydrogen) atoms. The Morgan fingerprint density at radius 3 is 1.26 bits per heavy atom. The molecule has 0 bridgehead atoms. The summed E-state index contributed by atoms with van der Waals surface area (Å²) in [5.74, 6) is 2.18. The molecule has 10 rings (SSSR count). The first-order valence-corrected chi connectivity index (χ1v) is 50.5. The molecule has 6 aromatic heterocycles. The molecule has 18 nitrogen and oxygen atoms in total. The molecule has 0 atom stereocenters. The monoisotopic (exact) mass is 1460 g/mol. The van der Waals surface area contributed by atoms with Crippen LogP contribution >= 0.6 is 15.9 Å². The summed E-state index contributed by atoms with van der Waals surface area (Å²) in [6, 6.07) is 35.3. The Balaban J connectivity index is 0.000000227. The van der Waals surface area contributed by atoms with Crippen LogP contribution < -0.4 is 9.80 Å². The van der Waals surface area contributed by atoms with Gasteiger partial charge in [0.25, 0.3) is 0 Å². The van der Waals surface area contributed by atoms with Crippen LogP contribution in [-0.2, 0) is 28.4 Å². The molecule has 0 unspecified atom stereocenters. The van der Waals surface area contributed by atoms with Gasteiger partial charge in [-0.1, -0.05) is 151 Å². The molecular formula is C74H109BrN10O8Si4. The van der Waals surface area contributed by atoms with Crippen molar-refractivity contribution in [2.24, 2.45) is 0 Å². The van der Waals surface area contributed by atoms with Crippen LogP contribution in [0.25, 0.3) is 56.1 Å². The molecule has 2 aliphatic carbocycles. The molecule has 2 aliphatic rings. The van der Waals surface area contributed by atoms with Crippen LogP contribution in [0.3, 0.4) is 0 Å². The third-order valence-corrected chi connectivity index (χ3v) is 26.6. The summed E-state index contributed by atoms with van der Waals surface area (Å²) in [5.41, 5.74) is 10.4. The molecule has 6 heterocycles. The SMILES string of the molecule is COC1(CO)CCC(c2cc(N(COCC[Si](C)(C)C)COCC[Si](C)(C)C)n3ncc(-c4ccc(-c5ccccc5)nc4)c3n2)CC1.COC1(CO)CCC(c2nc3c(-c4ccc(-c5ccccc5)nc4)cnn3c(N(COCC[Si](C)(C)C)COCC[Si](C)(C)C)c2Br)CC1. The van der Waals surface area contributed by atoms with Gasteiger partial charge in [-0.05, 0) is 104 Å². The number of ether oxygens (including phenoxy) is 6. The normalized spacial score (nSPS) is 18.7. The quantitative estimate of drug-likeness (QED) is 0.0230. The number of aromatic nitrogens is 8. The van der Waals surface area contributed by atoms with E-state index >= 15 is 0 Å². The highest BCUT2D eigenvalue weighted by Gasteiger charge is 2.39. The summed E-state index contributed by atoms with van der Waals surface area (Å²) in [6.07, 6.45) is 14.2. The van der Waals surface area contributed by atoms with Crippen molar-refractivity contribution in [3.63, 3.8) is 0 Å². The largest absolute Gasteiger partial charge is 0.393 e. The van der Waals surface area contributed by atoms with Gasteiger partial charge in [-0.25, -0.2) is 9.97 Å². The number of benzene rings is 2. The first kappa shape index (κ1) is 75.8. The first-order chi connectivity index (χ1) is 46.2. The summed E-state index contributed by atoms with van der Waals surface area (Å²) < 4.78 is 41.7. The lowest BCUT2D eigenvalue weighted by atomic mass is 9.77. The minimum atomic E-state index is -1.27. The second-order valence-corrected chi connectivity index (χ2v) is 54.7. The summed E-state index contributed by atoms with van der Waals surface area (Å²) in [7, 11) is -1.62. The van der Waals surface area contributed by atoms with Crippen molar-refractivity contribution in [1.82, 2.24) is 39.2 Å². The van der Waals surface area contributed by atoms with Gasteiger partial charge in [-0.2, -0.15) is 19.2 Å².